The lowest BCUT2D eigenvalue weighted by molar-refractivity contribution is 0.930. The highest BCUT2D eigenvalue weighted by Crippen LogP contribution is 2.50. The molecule has 0 amide bonds. The molecule has 0 saturated carbocycles. The maximum Gasteiger partial charge on any atom is 0.00793 e. The van der Waals surface area contributed by atoms with Gasteiger partial charge in [-0.15, -0.1) is 0 Å². The maximum atomic E-state index is 2.40. The topological polar surface area (TPSA) is 0 Å². The number of hydrogen-bond donors (Lipinski definition) is 0. The van der Waals surface area contributed by atoms with Crippen LogP contribution in [0.3, 0.4) is 0 Å². The molecule has 0 nitrogen and oxygen atoms in total. The first kappa shape index (κ1) is 11.0. The van der Waals surface area contributed by atoms with E-state index >= 15 is 0 Å². The van der Waals surface area contributed by atoms with E-state index < -0.39 is 0 Å². The Labute approximate surface area is 114 Å². The van der Waals surface area contributed by atoms with Gasteiger partial charge in [0.25, 0.3) is 0 Å². The Morgan fingerprint density at radius 3 is 2.58 bits per heavy atom. The zero-order valence-electron chi connectivity index (χ0n) is 11.7. The second kappa shape index (κ2) is 3.60. The predicted molar refractivity (Wildman–Crippen MR) is 81.6 cm³/mol. The van der Waals surface area contributed by atoms with E-state index in [0.29, 0.717) is 11.8 Å². The minimum Gasteiger partial charge on any atom is -0.0766 e. The quantitative estimate of drug-likeness (QED) is 0.595. The third-order valence-electron chi connectivity index (χ3n) is 4.81. The van der Waals surface area contributed by atoms with Crippen LogP contribution in [0.2, 0.25) is 0 Å². The molecule has 2 aliphatic carbocycles. The molecule has 94 valence electrons. The number of fused-ring (bicyclic) bond motifs is 5. The lowest BCUT2D eigenvalue weighted by atomic mass is 9.88. The van der Waals surface area contributed by atoms with Crippen LogP contribution in [0.15, 0.2) is 36.4 Å². The molecule has 0 N–H and O–H groups in total. The molecule has 2 atom stereocenters. The summed E-state index contributed by atoms with van der Waals surface area (Å²) in [6.07, 6.45) is 4.68. The highest BCUT2D eigenvalue weighted by molar-refractivity contribution is 5.86. The van der Waals surface area contributed by atoms with Crippen molar-refractivity contribution in [3.8, 4) is 11.1 Å². The third kappa shape index (κ3) is 1.29. The van der Waals surface area contributed by atoms with Gasteiger partial charge in [0.15, 0.2) is 0 Å². The van der Waals surface area contributed by atoms with Crippen molar-refractivity contribution in [2.75, 3.05) is 0 Å². The van der Waals surface area contributed by atoms with Crippen LogP contribution >= 0.6 is 0 Å². The SMILES string of the molecule is Cc1cc2c(c3c1C(C)C=C3)C(C)c1ccccc1-2. The third-order valence-corrected chi connectivity index (χ3v) is 4.81. The van der Waals surface area contributed by atoms with Gasteiger partial charge >= 0.3 is 0 Å². The number of hydrogen-bond acceptors (Lipinski definition) is 0. The molecule has 2 aromatic rings. The Kier molecular flexibility index (Phi) is 2.09. The summed E-state index contributed by atoms with van der Waals surface area (Å²) in [5, 5.41) is 0. The van der Waals surface area contributed by atoms with Gasteiger partial charge in [-0.05, 0) is 45.9 Å². The van der Waals surface area contributed by atoms with E-state index in [1.54, 1.807) is 11.1 Å². The van der Waals surface area contributed by atoms with Gasteiger partial charge in [0, 0.05) is 11.8 Å². The van der Waals surface area contributed by atoms with Crippen LogP contribution in [0.4, 0.5) is 0 Å². The van der Waals surface area contributed by atoms with E-state index in [1.807, 2.05) is 0 Å². The van der Waals surface area contributed by atoms with E-state index in [2.05, 4.69) is 63.3 Å². The molecule has 19 heavy (non-hydrogen) atoms. The predicted octanol–water partition coefficient (Wildman–Crippen LogP) is 5.26. The molecule has 0 aliphatic heterocycles. The molecule has 2 unspecified atom stereocenters. The molecule has 0 heterocycles. The fourth-order valence-electron chi connectivity index (χ4n) is 3.96. The molecular weight excluding hydrogens is 228 g/mol. The maximum absolute atomic E-state index is 2.40. The number of rotatable bonds is 0. The normalized spacial score (nSPS) is 22.3. The van der Waals surface area contributed by atoms with Gasteiger partial charge in [-0.1, -0.05) is 56.3 Å². The minimum absolute atomic E-state index is 0.524. The average molecular weight is 246 g/mol. The first-order chi connectivity index (χ1) is 9.18. The van der Waals surface area contributed by atoms with Crippen LogP contribution < -0.4 is 0 Å². The van der Waals surface area contributed by atoms with Crippen LogP contribution in [0.5, 0.6) is 0 Å². The lowest BCUT2D eigenvalue weighted by Crippen LogP contribution is -1.99. The van der Waals surface area contributed by atoms with Crippen molar-refractivity contribution in [3.63, 3.8) is 0 Å². The molecule has 0 bridgehead atoms. The number of allylic oxidation sites excluding steroid dienone is 1. The summed E-state index contributed by atoms with van der Waals surface area (Å²) in [4.78, 5) is 0. The van der Waals surface area contributed by atoms with E-state index in [0.717, 1.165) is 0 Å². The number of aryl methyl sites for hydroxylation is 1. The smallest absolute Gasteiger partial charge is 0.00793 e. The van der Waals surface area contributed by atoms with Crippen LogP contribution in [0.25, 0.3) is 17.2 Å². The standard InChI is InChI=1S/C19H18/c1-11-8-9-16-18(11)12(2)10-17-15-7-5-4-6-14(15)13(3)19(16)17/h4-11,13H,1-3H3. The molecule has 4 rings (SSSR count). The van der Waals surface area contributed by atoms with Gasteiger partial charge in [0.05, 0.1) is 0 Å². The molecule has 0 spiro atoms. The largest absolute Gasteiger partial charge is 0.0766 e. The van der Waals surface area contributed by atoms with Crippen molar-refractivity contribution >= 4 is 6.08 Å². The minimum atomic E-state index is 0.524. The summed E-state index contributed by atoms with van der Waals surface area (Å²) in [5.41, 5.74) is 10.4. The van der Waals surface area contributed by atoms with Crippen LogP contribution in [-0.2, 0) is 0 Å². The first-order valence-electron chi connectivity index (χ1n) is 7.13. The van der Waals surface area contributed by atoms with Crippen molar-refractivity contribution in [1.82, 2.24) is 0 Å². The average Bonchev–Trinajstić information content (AvgIpc) is 2.92. The summed E-state index contributed by atoms with van der Waals surface area (Å²) >= 11 is 0. The van der Waals surface area contributed by atoms with Crippen LogP contribution in [-0.4, -0.2) is 0 Å². The summed E-state index contributed by atoms with van der Waals surface area (Å²) in [6.45, 7) is 6.90. The van der Waals surface area contributed by atoms with Gasteiger partial charge in [0.2, 0.25) is 0 Å². The fourth-order valence-corrected chi connectivity index (χ4v) is 3.96. The van der Waals surface area contributed by atoms with E-state index in [-0.39, 0.29) is 0 Å². The second-order valence-electron chi connectivity index (χ2n) is 5.94. The summed E-state index contributed by atoms with van der Waals surface area (Å²) in [5.74, 6) is 1.09. The highest BCUT2D eigenvalue weighted by Gasteiger charge is 2.31. The van der Waals surface area contributed by atoms with Gasteiger partial charge in [-0.2, -0.15) is 0 Å². The molecule has 0 fully saturated rings. The molecule has 2 aliphatic rings. The molecule has 0 heteroatoms. The lowest BCUT2D eigenvalue weighted by Gasteiger charge is -2.16. The summed E-state index contributed by atoms with van der Waals surface area (Å²) < 4.78 is 0. The van der Waals surface area contributed by atoms with E-state index in [1.165, 1.54) is 27.8 Å². The van der Waals surface area contributed by atoms with Crippen LogP contribution in [0, 0.1) is 6.92 Å². The van der Waals surface area contributed by atoms with Crippen molar-refractivity contribution in [1.29, 1.82) is 0 Å². The highest BCUT2D eigenvalue weighted by atomic mass is 14.3. The molecular formula is C19H18. The van der Waals surface area contributed by atoms with Crippen molar-refractivity contribution in [3.05, 3.63) is 64.2 Å². The van der Waals surface area contributed by atoms with Gasteiger partial charge < -0.3 is 0 Å². The van der Waals surface area contributed by atoms with Crippen molar-refractivity contribution in [2.45, 2.75) is 32.6 Å². The van der Waals surface area contributed by atoms with Crippen LogP contribution in [0.1, 0.15) is 53.5 Å². The Morgan fingerprint density at radius 1 is 0.947 bits per heavy atom. The molecule has 0 saturated heterocycles. The molecule has 0 radical (unpaired) electrons. The summed E-state index contributed by atoms with van der Waals surface area (Å²) in [6, 6.07) is 11.3. The molecule has 0 aromatic heterocycles. The Morgan fingerprint density at radius 2 is 1.74 bits per heavy atom. The zero-order chi connectivity index (χ0) is 13.1. The monoisotopic (exact) mass is 246 g/mol. The summed E-state index contributed by atoms with van der Waals surface area (Å²) in [7, 11) is 0. The van der Waals surface area contributed by atoms with E-state index in [9.17, 15) is 0 Å². The van der Waals surface area contributed by atoms with Gasteiger partial charge in [-0.25, -0.2) is 0 Å². The Bertz CT molecular complexity index is 719. The fraction of sp³-hybridized carbons (Fsp3) is 0.263. The second-order valence-corrected chi connectivity index (χ2v) is 5.94. The first-order valence-corrected chi connectivity index (χ1v) is 7.13. The van der Waals surface area contributed by atoms with Crippen molar-refractivity contribution < 1.29 is 0 Å². The number of benzene rings is 2. The van der Waals surface area contributed by atoms with Gasteiger partial charge in [0.1, 0.15) is 0 Å². The molecule has 2 aromatic carbocycles. The Balaban J connectivity index is 2.09. The van der Waals surface area contributed by atoms with Crippen molar-refractivity contribution in [2.24, 2.45) is 0 Å². The van der Waals surface area contributed by atoms with Gasteiger partial charge in [-0.3, -0.25) is 0 Å². The zero-order valence-corrected chi connectivity index (χ0v) is 11.7. The Hall–Kier alpha value is -1.82. The van der Waals surface area contributed by atoms with E-state index in [4.69, 9.17) is 0 Å².